The molecule has 30 heavy (non-hydrogen) atoms. The molecule has 1 saturated heterocycles. The minimum Gasteiger partial charge on any atom is -0.341 e. The van der Waals surface area contributed by atoms with Gasteiger partial charge in [-0.15, -0.1) is 0 Å². The molecule has 0 aliphatic carbocycles. The molecule has 9 nitrogen and oxygen atoms in total. The Labute approximate surface area is 175 Å². The maximum Gasteiger partial charge on any atom is 0.321 e. The molecule has 0 aromatic carbocycles. The number of pyridine rings is 1. The fraction of sp³-hybridized carbons (Fsp3) is 0.476. The Hall–Kier alpha value is -3.23. The van der Waals surface area contributed by atoms with Crippen molar-refractivity contribution in [2.75, 3.05) is 19.6 Å². The van der Waals surface area contributed by atoms with E-state index in [1.165, 1.54) is 0 Å². The zero-order valence-corrected chi connectivity index (χ0v) is 17.6. The van der Waals surface area contributed by atoms with Gasteiger partial charge in [0.05, 0.1) is 0 Å². The number of nitrogens with one attached hydrogen (secondary N) is 2. The number of fused-ring (bicyclic) bond motifs is 4. The van der Waals surface area contributed by atoms with Gasteiger partial charge < -0.3 is 14.8 Å². The van der Waals surface area contributed by atoms with E-state index in [2.05, 4.69) is 30.5 Å². The highest BCUT2D eigenvalue weighted by molar-refractivity contribution is 5.97. The summed E-state index contributed by atoms with van der Waals surface area (Å²) in [6.45, 7) is 8.21. The molecule has 4 heterocycles. The Morgan fingerprint density at radius 1 is 1.20 bits per heavy atom. The van der Waals surface area contributed by atoms with Gasteiger partial charge in [0, 0.05) is 55.2 Å². The first kappa shape index (κ1) is 20.1. The number of aromatic nitrogens is 3. The number of hydrogen-bond acceptors (Lipinski definition) is 5. The third-order valence-electron chi connectivity index (χ3n) is 5.52. The maximum absolute atomic E-state index is 12.3. The third kappa shape index (κ3) is 4.19. The van der Waals surface area contributed by atoms with Crippen LogP contribution in [0.2, 0.25) is 0 Å². The zero-order chi connectivity index (χ0) is 21.3. The van der Waals surface area contributed by atoms with Gasteiger partial charge in [0.25, 0.3) is 11.5 Å². The second-order valence-electron chi connectivity index (χ2n) is 7.97. The number of likely N-dealkylation sites (tertiary alicyclic amines) is 1. The summed E-state index contributed by atoms with van der Waals surface area (Å²) in [7, 11) is 0. The van der Waals surface area contributed by atoms with Crippen molar-refractivity contribution in [3.8, 4) is 0 Å². The van der Waals surface area contributed by atoms with Crippen LogP contribution < -0.4 is 16.2 Å². The molecule has 158 valence electrons. The highest BCUT2D eigenvalue weighted by Crippen LogP contribution is 2.35. The van der Waals surface area contributed by atoms with Crippen molar-refractivity contribution in [1.82, 2.24) is 30.1 Å². The van der Waals surface area contributed by atoms with Crippen LogP contribution >= 0.6 is 0 Å². The van der Waals surface area contributed by atoms with Crippen LogP contribution in [0.25, 0.3) is 0 Å². The zero-order valence-electron chi connectivity index (χ0n) is 17.6. The largest absolute Gasteiger partial charge is 0.341 e. The second-order valence-corrected chi connectivity index (χ2v) is 7.97. The molecule has 2 unspecified atom stereocenters. The highest BCUT2D eigenvalue weighted by Gasteiger charge is 2.36. The molecule has 2 atom stereocenters. The van der Waals surface area contributed by atoms with Crippen LogP contribution in [0, 0.1) is 19.8 Å². The number of carbonyl (C=O) groups excluding carboxylic acids is 1. The lowest BCUT2D eigenvalue weighted by molar-refractivity contribution is 0.174. The topological polar surface area (TPSA) is 105 Å². The molecule has 2 amide bonds. The number of nitrogens with zero attached hydrogens (tertiary/aromatic N) is 5. The lowest BCUT2D eigenvalue weighted by atomic mass is 9.83. The molecular weight excluding hydrogens is 382 g/mol. The van der Waals surface area contributed by atoms with E-state index in [-0.39, 0.29) is 17.5 Å². The summed E-state index contributed by atoms with van der Waals surface area (Å²) < 4.78 is 1.89. The molecule has 2 aliphatic heterocycles. The fourth-order valence-corrected chi connectivity index (χ4v) is 4.41. The second kappa shape index (κ2) is 8.25. The van der Waals surface area contributed by atoms with Crippen molar-refractivity contribution < 1.29 is 4.79 Å². The van der Waals surface area contributed by atoms with Crippen molar-refractivity contribution >= 4 is 17.9 Å². The average Bonchev–Trinajstić information content (AvgIpc) is 2.68. The molecule has 2 aromatic heterocycles. The van der Waals surface area contributed by atoms with Gasteiger partial charge in [0.1, 0.15) is 0 Å². The summed E-state index contributed by atoms with van der Waals surface area (Å²) in [6, 6.07) is 7.03. The summed E-state index contributed by atoms with van der Waals surface area (Å²) in [5, 5.41) is 5.63. The summed E-state index contributed by atoms with van der Waals surface area (Å²) in [5.41, 5.74) is 2.74. The van der Waals surface area contributed by atoms with Gasteiger partial charge in [-0.3, -0.25) is 10.1 Å². The first-order valence-electron chi connectivity index (χ1n) is 10.3. The van der Waals surface area contributed by atoms with E-state index in [0.717, 1.165) is 23.5 Å². The molecule has 2 bridgehead atoms. The van der Waals surface area contributed by atoms with E-state index in [0.29, 0.717) is 44.0 Å². The van der Waals surface area contributed by atoms with Crippen molar-refractivity contribution in [2.24, 2.45) is 10.9 Å². The number of piperidine rings is 1. The first-order valence-corrected chi connectivity index (χ1v) is 10.3. The van der Waals surface area contributed by atoms with Gasteiger partial charge in [-0.25, -0.2) is 14.8 Å². The molecule has 0 saturated carbocycles. The number of aliphatic imine (C=N–C) groups is 1. The van der Waals surface area contributed by atoms with Crippen LogP contribution in [0.3, 0.4) is 0 Å². The number of guanidine groups is 1. The minimum absolute atomic E-state index is 0.0497. The normalized spacial score (nSPS) is 20.5. The summed E-state index contributed by atoms with van der Waals surface area (Å²) in [4.78, 5) is 40.1. The van der Waals surface area contributed by atoms with Crippen LogP contribution in [-0.2, 0) is 6.54 Å². The van der Waals surface area contributed by atoms with Crippen molar-refractivity contribution in [1.29, 1.82) is 0 Å². The van der Waals surface area contributed by atoms with Crippen LogP contribution in [-0.4, -0.2) is 51.1 Å². The van der Waals surface area contributed by atoms with E-state index in [9.17, 15) is 9.59 Å². The van der Waals surface area contributed by atoms with Gasteiger partial charge in [-0.2, -0.15) is 4.99 Å². The van der Waals surface area contributed by atoms with Crippen LogP contribution in [0.5, 0.6) is 0 Å². The molecule has 2 aliphatic rings. The minimum atomic E-state index is -0.312. The summed E-state index contributed by atoms with van der Waals surface area (Å²) >= 11 is 0. The number of carbonyl (C=O) groups is 1. The van der Waals surface area contributed by atoms with E-state index in [1.807, 2.05) is 43.5 Å². The van der Waals surface area contributed by atoms with Crippen molar-refractivity contribution in [3.05, 3.63) is 51.7 Å². The molecule has 2 aromatic rings. The molecule has 9 heteroatoms. The van der Waals surface area contributed by atoms with E-state index < -0.39 is 0 Å². The SMILES string of the molecule is CCNC(=O)N/C(=N/c1nc(C)cc(C)n1)N1CC2CC(C1)c1cccc(=O)n1C2. The summed E-state index contributed by atoms with van der Waals surface area (Å²) in [6.07, 6.45) is 1.02. The fourth-order valence-electron chi connectivity index (χ4n) is 4.41. The Bertz CT molecular complexity index is 1030. The highest BCUT2D eigenvalue weighted by atomic mass is 16.2. The number of hydrogen-bond donors (Lipinski definition) is 2. The Kier molecular flexibility index (Phi) is 5.52. The number of rotatable bonds is 2. The summed E-state index contributed by atoms with van der Waals surface area (Å²) in [5.74, 6) is 1.27. The first-order chi connectivity index (χ1) is 14.4. The predicted molar refractivity (Wildman–Crippen MR) is 114 cm³/mol. The third-order valence-corrected chi connectivity index (χ3v) is 5.52. The van der Waals surface area contributed by atoms with Gasteiger partial charge >= 0.3 is 6.03 Å². The van der Waals surface area contributed by atoms with Gasteiger partial charge in [0.15, 0.2) is 0 Å². The van der Waals surface area contributed by atoms with E-state index in [4.69, 9.17) is 0 Å². The monoisotopic (exact) mass is 409 g/mol. The van der Waals surface area contributed by atoms with Gasteiger partial charge in [0.2, 0.25) is 5.96 Å². The molecular formula is C21H27N7O2. The number of urea groups is 1. The van der Waals surface area contributed by atoms with Crippen LogP contribution in [0.1, 0.15) is 36.3 Å². The smallest absolute Gasteiger partial charge is 0.321 e. The molecule has 2 N–H and O–H groups in total. The van der Waals surface area contributed by atoms with Crippen molar-refractivity contribution in [3.63, 3.8) is 0 Å². The van der Waals surface area contributed by atoms with Crippen molar-refractivity contribution in [2.45, 2.75) is 39.7 Å². The van der Waals surface area contributed by atoms with E-state index >= 15 is 0 Å². The van der Waals surface area contributed by atoms with Gasteiger partial charge in [-0.1, -0.05) is 6.07 Å². The number of amides is 2. The Balaban J connectivity index is 1.67. The molecule has 0 spiro atoms. The predicted octanol–water partition coefficient (Wildman–Crippen LogP) is 1.68. The van der Waals surface area contributed by atoms with E-state index in [1.54, 1.807) is 6.07 Å². The average molecular weight is 409 g/mol. The lowest BCUT2D eigenvalue weighted by Crippen LogP contribution is -2.54. The Morgan fingerprint density at radius 2 is 1.97 bits per heavy atom. The van der Waals surface area contributed by atoms with Crippen LogP contribution in [0.4, 0.5) is 10.7 Å². The van der Waals surface area contributed by atoms with Crippen LogP contribution in [0.15, 0.2) is 34.1 Å². The molecule has 4 rings (SSSR count). The maximum atomic E-state index is 12.3. The standard InChI is InChI=1S/C21H27N7O2/c1-4-22-21(30)26-20(25-19-23-13(2)8-14(3)24-19)27-10-15-9-16(12-27)17-6-5-7-18(29)28(17)11-15/h5-8,15-16H,4,9-12H2,1-3H3,(H2,22,23,24,25,26,30). The number of aryl methyl sites for hydroxylation is 2. The lowest BCUT2D eigenvalue weighted by Gasteiger charge is -2.43. The Morgan fingerprint density at radius 3 is 2.70 bits per heavy atom. The van der Waals surface area contributed by atoms with Gasteiger partial charge in [-0.05, 0) is 45.2 Å². The quantitative estimate of drug-likeness (QED) is 0.580. The molecule has 0 radical (unpaired) electrons. The molecule has 1 fully saturated rings.